The summed E-state index contributed by atoms with van der Waals surface area (Å²) in [4.78, 5) is 38.6. The Kier molecular flexibility index (Phi) is 7.62. The summed E-state index contributed by atoms with van der Waals surface area (Å²) in [6, 6.07) is 0. The maximum atomic E-state index is 12.6. The van der Waals surface area contributed by atoms with Crippen molar-refractivity contribution >= 4 is 17.8 Å². The number of anilines is 1. The van der Waals surface area contributed by atoms with Gasteiger partial charge in [-0.25, -0.2) is 14.8 Å². The molecule has 2 amide bonds. The van der Waals surface area contributed by atoms with E-state index in [0.29, 0.717) is 38.5 Å². The minimum absolute atomic E-state index is 0.148. The number of amides is 2. The second-order valence-corrected chi connectivity index (χ2v) is 6.23. The lowest BCUT2D eigenvalue weighted by Gasteiger charge is -2.33. The molecule has 1 fully saturated rings. The van der Waals surface area contributed by atoms with Crippen molar-refractivity contribution in [3.05, 3.63) is 18.1 Å². The lowest BCUT2D eigenvalue weighted by atomic mass is 10.3. The minimum atomic E-state index is -0.323. The summed E-state index contributed by atoms with van der Waals surface area (Å²) in [6.07, 6.45) is 4.97. The number of hydrogen-bond donors (Lipinski definition) is 0. The van der Waals surface area contributed by atoms with Gasteiger partial charge in [-0.1, -0.05) is 13.8 Å². The van der Waals surface area contributed by atoms with Crippen molar-refractivity contribution in [1.82, 2.24) is 19.8 Å². The van der Waals surface area contributed by atoms with E-state index in [-0.39, 0.29) is 12.0 Å². The molecule has 0 aromatic carbocycles. The van der Waals surface area contributed by atoms with Crippen LogP contribution >= 0.6 is 0 Å². The Morgan fingerprint density at radius 2 is 1.62 bits per heavy atom. The number of piperazine rings is 1. The quantitative estimate of drug-likeness (QED) is 0.737. The molecule has 0 spiro atoms. The molecule has 0 bridgehead atoms. The van der Waals surface area contributed by atoms with Gasteiger partial charge in [-0.05, 0) is 19.8 Å². The first-order valence-electron chi connectivity index (χ1n) is 9.38. The average molecular weight is 363 g/mol. The van der Waals surface area contributed by atoms with Crippen molar-refractivity contribution in [2.45, 2.75) is 33.6 Å². The number of hydrogen-bond acceptors (Lipinski definition) is 6. The Morgan fingerprint density at radius 1 is 1.00 bits per heavy atom. The van der Waals surface area contributed by atoms with Crippen molar-refractivity contribution in [3.63, 3.8) is 0 Å². The Bertz CT molecular complexity index is 579. The molecule has 0 unspecified atom stereocenters. The molecule has 2 heterocycles. The molecule has 8 nitrogen and oxygen atoms in total. The topological polar surface area (TPSA) is 78.9 Å². The normalized spacial score (nSPS) is 14.3. The molecule has 0 aliphatic carbocycles. The number of ether oxygens (including phenoxy) is 1. The van der Waals surface area contributed by atoms with Crippen LogP contribution in [0.2, 0.25) is 0 Å². The van der Waals surface area contributed by atoms with Crippen molar-refractivity contribution in [3.8, 4) is 0 Å². The van der Waals surface area contributed by atoms with Crippen molar-refractivity contribution in [1.29, 1.82) is 0 Å². The van der Waals surface area contributed by atoms with E-state index >= 15 is 0 Å². The standard InChI is InChI=1S/C18H29N5O3/c1-4-7-21(8-5-2)16-14-19-15(13-20-16)17(24)22-9-11-23(12-10-22)18(25)26-6-3/h13-14H,4-12H2,1-3H3. The van der Waals surface area contributed by atoms with Crippen LogP contribution in [0, 0.1) is 0 Å². The van der Waals surface area contributed by atoms with Gasteiger partial charge in [-0.15, -0.1) is 0 Å². The molecule has 2 rings (SSSR count). The van der Waals surface area contributed by atoms with Gasteiger partial charge >= 0.3 is 6.09 Å². The SMILES string of the molecule is CCCN(CCC)c1cnc(C(=O)N2CCN(C(=O)OCC)CC2)cn1. The van der Waals surface area contributed by atoms with Crippen molar-refractivity contribution < 1.29 is 14.3 Å². The molecule has 0 N–H and O–H groups in total. The summed E-state index contributed by atoms with van der Waals surface area (Å²) >= 11 is 0. The lowest BCUT2D eigenvalue weighted by Crippen LogP contribution is -2.50. The van der Waals surface area contributed by atoms with Gasteiger partial charge in [0.1, 0.15) is 11.5 Å². The van der Waals surface area contributed by atoms with Crippen LogP contribution < -0.4 is 4.90 Å². The second kappa shape index (κ2) is 9.94. The zero-order valence-electron chi connectivity index (χ0n) is 16.0. The van der Waals surface area contributed by atoms with Crippen LogP contribution in [0.25, 0.3) is 0 Å². The van der Waals surface area contributed by atoms with E-state index in [1.165, 1.54) is 0 Å². The van der Waals surface area contributed by atoms with Crippen molar-refractivity contribution in [2.75, 3.05) is 50.8 Å². The third-order valence-corrected chi connectivity index (χ3v) is 4.26. The fourth-order valence-electron chi connectivity index (χ4n) is 2.94. The van der Waals surface area contributed by atoms with E-state index in [1.54, 1.807) is 29.1 Å². The zero-order chi connectivity index (χ0) is 18.9. The number of rotatable bonds is 7. The third-order valence-electron chi connectivity index (χ3n) is 4.26. The lowest BCUT2D eigenvalue weighted by molar-refractivity contribution is 0.0565. The fraction of sp³-hybridized carbons (Fsp3) is 0.667. The first kappa shape index (κ1) is 19.9. The average Bonchev–Trinajstić information content (AvgIpc) is 2.68. The summed E-state index contributed by atoms with van der Waals surface area (Å²) in [6.45, 7) is 10.1. The van der Waals surface area contributed by atoms with Gasteiger partial charge in [-0.3, -0.25) is 4.79 Å². The van der Waals surface area contributed by atoms with E-state index in [9.17, 15) is 9.59 Å². The number of aromatic nitrogens is 2. The van der Waals surface area contributed by atoms with Gasteiger partial charge in [0.25, 0.3) is 5.91 Å². The smallest absolute Gasteiger partial charge is 0.409 e. The summed E-state index contributed by atoms with van der Waals surface area (Å²) in [5.74, 6) is 0.655. The molecular weight excluding hydrogens is 334 g/mol. The second-order valence-electron chi connectivity index (χ2n) is 6.23. The van der Waals surface area contributed by atoms with Crippen LogP contribution in [-0.2, 0) is 4.74 Å². The molecule has 0 radical (unpaired) electrons. The Balaban J connectivity index is 1.95. The van der Waals surface area contributed by atoms with E-state index < -0.39 is 0 Å². The summed E-state index contributed by atoms with van der Waals surface area (Å²) in [5, 5.41) is 0. The molecule has 1 aliphatic rings. The molecule has 0 atom stereocenters. The third kappa shape index (κ3) is 5.06. The van der Waals surface area contributed by atoms with Crippen LogP contribution in [0.3, 0.4) is 0 Å². The highest BCUT2D eigenvalue weighted by Crippen LogP contribution is 2.12. The van der Waals surface area contributed by atoms with Crippen molar-refractivity contribution in [2.24, 2.45) is 0 Å². The predicted octanol–water partition coefficient (Wildman–Crippen LogP) is 2.02. The number of carbonyl (C=O) groups is 2. The van der Waals surface area contributed by atoms with Crippen LogP contribution in [-0.4, -0.2) is 77.6 Å². The molecule has 1 saturated heterocycles. The van der Waals surface area contributed by atoms with Gasteiger partial charge in [0.15, 0.2) is 0 Å². The van der Waals surface area contributed by atoms with Gasteiger partial charge in [0.05, 0.1) is 19.0 Å². The van der Waals surface area contributed by atoms with Gasteiger partial charge in [-0.2, -0.15) is 0 Å². The van der Waals surface area contributed by atoms with Crippen LogP contribution in [0.15, 0.2) is 12.4 Å². The highest BCUT2D eigenvalue weighted by Gasteiger charge is 2.26. The maximum absolute atomic E-state index is 12.6. The van der Waals surface area contributed by atoms with Crippen LogP contribution in [0.4, 0.5) is 10.6 Å². The Hall–Kier alpha value is -2.38. The molecule has 1 aromatic rings. The molecule has 8 heteroatoms. The summed E-state index contributed by atoms with van der Waals surface area (Å²) in [5.41, 5.74) is 0.339. The molecule has 1 aliphatic heterocycles. The van der Waals surface area contributed by atoms with Gasteiger partial charge < -0.3 is 19.4 Å². The van der Waals surface area contributed by atoms with Crippen LogP contribution in [0.5, 0.6) is 0 Å². The molecule has 1 aromatic heterocycles. The number of carbonyl (C=O) groups excluding carboxylic acids is 2. The van der Waals surface area contributed by atoms with Gasteiger partial charge in [0.2, 0.25) is 0 Å². The summed E-state index contributed by atoms with van der Waals surface area (Å²) < 4.78 is 4.99. The minimum Gasteiger partial charge on any atom is -0.450 e. The first-order chi connectivity index (χ1) is 12.6. The van der Waals surface area contributed by atoms with E-state index in [0.717, 1.165) is 31.7 Å². The van der Waals surface area contributed by atoms with E-state index in [2.05, 4.69) is 28.7 Å². The molecule has 144 valence electrons. The Morgan fingerprint density at radius 3 is 2.12 bits per heavy atom. The molecule has 0 saturated carbocycles. The first-order valence-corrected chi connectivity index (χ1v) is 9.38. The highest BCUT2D eigenvalue weighted by molar-refractivity contribution is 5.92. The predicted molar refractivity (Wildman–Crippen MR) is 99.3 cm³/mol. The van der Waals surface area contributed by atoms with Crippen LogP contribution in [0.1, 0.15) is 44.1 Å². The molecular formula is C18H29N5O3. The zero-order valence-corrected chi connectivity index (χ0v) is 16.0. The maximum Gasteiger partial charge on any atom is 0.409 e. The summed E-state index contributed by atoms with van der Waals surface area (Å²) in [7, 11) is 0. The van der Waals surface area contributed by atoms with Gasteiger partial charge in [0, 0.05) is 39.3 Å². The van der Waals surface area contributed by atoms with E-state index in [1.807, 2.05) is 0 Å². The van der Waals surface area contributed by atoms with E-state index in [4.69, 9.17) is 4.74 Å². The monoisotopic (exact) mass is 363 g/mol. The Labute approximate surface area is 155 Å². The largest absolute Gasteiger partial charge is 0.450 e. The highest BCUT2D eigenvalue weighted by atomic mass is 16.6. The molecule has 26 heavy (non-hydrogen) atoms. The number of nitrogens with zero attached hydrogens (tertiary/aromatic N) is 5. The fourth-order valence-corrected chi connectivity index (χ4v) is 2.94.